The van der Waals surface area contributed by atoms with Crippen LogP contribution in [0.1, 0.15) is 34.1 Å². The third-order valence-electron chi connectivity index (χ3n) is 2.77. The molecule has 0 bridgehead atoms. The van der Waals surface area contributed by atoms with Crippen LogP contribution >= 0.6 is 0 Å². The van der Waals surface area contributed by atoms with Crippen LogP contribution in [0.4, 0.5) is 9.18 Å². The molecule has 1 heterocycles. The first-order chi connectivity index (χ1) is 8.74. The van der Waals surface area contributed by atoms with Crippen molar-refractivity contribution in [1.29, 1.82) is 0 Å². The number of carbonyl (C=O) groups is 2. The molecular formula is C13H22FNO4. The van der Waals surface area contributed by atoms with Crippen molar-refractivity contribution in [3.63, 3.8) is 0 Å². The number of hydrogen-bond donors (Lipinski definition) is 0. The zero-order valence-electron chi connectivity index (χ0n) is 11.9. The number of ether oxygens (including phenoxy) is 2. The fourth-order valence-electron chi connectivity index (χ4n) is 1.89. The highest BCUT2D eigenvalue weighted by Gasteiger charge is 2.38. The molecule has 0 aromatic carbocycles. The zero-order valence-corrected chi connectivity index (χ0v) is 11.9. The molecule has 0 aromatic rings. The van der Waals surface area contributed by atoms with E-state index < -0.39 is 29.8 Å². The fourth-order valence-corrected chi connectivity index (χ4v) is 1.89. The lowest BCUT2D eigenvalue weighted by atomic mass is 9.96. The second-order valence-electron chi connectivity index (χ2n) is 5.59. The van der Waals surface area contributed by atoms with Gasteiger partial charge in [-0.25, -0.2) is 9.18 Å². The molecule has 2 unspecified atom stereocenters. The van der Waals surface area contributed by atoms with Crippen LogP contribution in [-0.4, -0.2) is 48.4 Å². The Morgan fingerprint density at radius 2 is 2.00 bits per heavy atom. The lowest BCUT2D eigenvalue weighted by Gasteiger charge is -2.34. The molecule has 0 N–H and O–H groups in total. The highest BCUT2D eigenvalue weighted by Crippen LogP contribution is 2.23. The van der Waals surface area contributed by atoms with Crippen molar-refractivity contribution in [2.75, 3.05) is 19.7 Å². The molecule has 0 radical (unpaired) electrons. The van der Waals surface area contributed by atoms with Crippen molar-refractivity contribution in [2.24, 2.45) is 5.92 Å². The van der Waals surface area contributed by atoms with Crippen molar-refractivity contribution < 1.29 is 23.5 Å². The monoisotopic (exact) mass is 275 g/mol. The Bertz CT molecular complexity index is 340. The van der Waals surface area contributed by atoms with E-state index in [1.807, 2.05) is 0 Å². The van der Waals surface area contributed by atoms with Gasteiger partial charge in [0.15, 0.2) is 0 Å². The topological polar surface area (TPSA) is 55.8 Å². The Hall–Kier alpha value is -1.33. The molecule has 0 saturated carbocycles. The summed E-state index contributed by atoms with van der Waals surface area (Å²) in [6.45, 7) is 7.41. The van der Waals surface area contributed by atoms with E-state index >= 15 is 0 Å². The quantitative estimate of drug-likeness (QED) is 0.725. The molecule has 1 aliphatic rings. The number of likely N-dealkylation sites (tertiary alicyclic amines) is 1. The van der Waals surface area contributed by atoms with Gasteiger partial charge in [-0.15, -0.1) is 0 Å². The Morgan fingerprint density at radius 3 is 2.53 bits per heavy atom. The predicted molar refractivity (Wildman–Crippen MR) is 67.4 cm³/mol. The van der Waals surface area contributed by atoms with Crippen LogP contribution in [0.5, 0.6) is 0 Å². The van der Waals surface area contributed by atoms with Crippen LogP contribution in [0, 0.1) is 5.92 Å². The highest BCUT2D eigenvalue weighted by molar-refractivity contribution is 5.75. The second kappa shape index (κ2) is 6.21. The number of rotatable bonds is 2. The molecule has 1 fully saturated rings. The van der Waals surface area contributed by atoms with Crippen LogP contribution in [0.15, 0.2) is 0 Å². The maximum atomic E-state index is 13.7. The molecule has 0 aromatic heterocycles. The van der Waals surface area contributed by atoms with Gasteiger partial charge in [-0.2, -0.15) is 0 Å². The maximum absolute atomic E-state index is 13.7. The minimum absolute atomic E-state index is 0.00884. The van der Waals surface area contributed by atoms with E-state index in [1.165, 1.54) is 4.90 Å². The van der Waals surface area contributed by atoms with Crippen molar-refractivity contribution >= 4 is 12.1 Å². The summed E-state index contributed by atoms with van der Waals surface area (Å²) in [5.41, 5.74) is -0.608. The van der Waals surface area contributed by atoms with Crippen LogP contribution in [0.2, 0.25) is 0 Å². The number of halogens is 1. The predicted octanol–water partition coefficient (Wildman–Crippen LogP) is 2.14. The summed E-state index contributed by atoms with van der Waals surface area (Å²) in [7, 11) is 0. The molecule has 5 nitrogen and oxygen atoms in total. The lowest BCUT2D eigenvalue weighted by Crippen LogP contribution is -2.49. The van der Waals surface area contributed by atoms with Gasteiger partial charge in [-0.1, -0.05) is 0 Å². The molecule has 1 aliphatic heterocycles. The molecule has 6 heteroatoms. The Kier molecular flexibility index (Phi) is 5.14. The molecular weight excluding hydrogens is 253 g/mol. The van der Waals surface area contributed by atoms with Crippen LogP contribution in [0.3, 0.4) is 0 Å². The molecule has 0 aliphatic carbocycles. The first kappa shape index (κ1) is 15.7. The van der Waals surface area contributed by atoms with Gasteiger partial charge in [0.25, 0.3) is 0 Å². The van der Waals surface area contributed by atoms with Gasteiger partial charge < -0.3 is 14.4 Å². The molecule has 2 atom stereocenters. The summed E-state index contributed by atoms with van der Waals surface area (Å²) >= 11 is 0. The van der Waals surface area contributed by atoms with Gasteiger partial charge in [-0.3, -0.25) is 4.79 Å². The Morgan fingerprint density at radius 1 is 1.37 bits per heavy atom. The SMILES string of the molecule is CCOC(=O)C1CN(C(=O)OC(C)(C)C)CCC1F. The largest absolute Gasteiger partial charge is 0.466 e. The van der Waals surface area contributed by atoms with E-state index in [4.69, 9.17) is 9.47 Å². The lowest BCUT2D eigenvalue weighted by molar-refractivity contribution is -0.152. The fraction of sp³-hybridized carbons (Fsp3) is 0.846. The minimum atomic E-state index is -1.27. The highest BCUT2D eigenvalue weighted by atomic mass is 19.1. The first-order valence-corrected chi connectivity index (χ1v) is 6.53. The van der Waals surface area contributed by atoms with Gasteiger partial charge in [-0.05, 0) is 34.1 Å². The van der Waals surface area contributed by atoms with Crippen molar-refractivity contribution in [2.45, 2.75) is 45.9 Å². The number of esters is 1. The first-order valence-electron chi connectivity index (χ1n) is 6.53. The van der Waals surface area contributed by atoms with Crippen LogP contribution < -0.4 is 0 Å². The summed E-state index contributed by atoms with van der Waals surface area (Å²) < 4.78 is 23.8. The van der Waals surface area contributed by atoms with E-state index in [9.17, 15) is 14.0 Å². The summed E-state index contributed by atoms with van der Waals surface area (Å²) in [5.74, 6) is -1.51. The standard InChI is InChI=1S/C13H22FNO4/c1-5-18-11(16)9-8-15(7-6-10(9)14)12(17)19-13(2,3)4/h9-10H,5-8H2,1-4H3. The molecule has 1 amide bonds. The number of carbonyl (C=O) groups excluding carboxylic acids is 2. The molecule has 19 heavy (non-hydrogen) atoms. The van der Waals surface area contributed by atoms with Gasteiger partial charge in [0.1, 0.15) is 17.7 Å². The molecule has 1 saturated heterocycles. The molecule has 110 valence electrons. The van der Waals surface area contributed by atoms with Crippen molar-refractivity contribution in [3.05, 3.63) is 0 Å². The Labute approximate surface area is 113 Å². The van der Waals surface area contributed by atoms with E-state index in [-0.39, 0.29) is 26.1 Å². The number of nitrogens with zero attached hydrogens (tertiary/aromatic N) is 1. The molecule has 0 spiro atoms. The number of piperidine rings is 1. The summed E-state index contributed by atoms with van der Waals surface area (Å²) in [5, 5.41) is 0. The smallest absolute Gasteiger partial charge is 0.410 e. The number of hydrogen-bond acceptors (Lipinski definition) is 4. The van der Waals surface area contributed by atoms with Crippen molar-refractivity contribution in [3.8, 4) is 0 Å². The zero-order chi connectivity index (χ0) is 14.6. The summed E-state index contributed by atoms with van der Waals surface area (Å²) in [6.07, 6.45) is -1.66. The third kappa shape index (κ3) is 4.69. The molecule has 1 rings (SSSR count). The third-order valence-corrected chi connectivity index (χ3v) is 2.77. The van der Waals surface area contributed by atoms with Gasteiger partial charge in [0, 0.05) is 13.1 Å². The summed E-state index contributed by atoms with van der Waals surface area (Å²) in [4.78, 5) is 24.9. The average Bonchev–Trinajstić information content (AvgIpc) is 2.27. The van der Waals surface area contributed by atoms with Gasteiger partial charge >= 0.3 is 12.1 Å². The summed E-state index contributed by atoms with van der Waals surface area (Å²) in [6, 6.07) is 0. The van der Waals surface area contributed by atoms with E-state index in [1.54, 1.807) is 27.7 Å². The number of alkyl halides is 1. The van der Waals surface area contributed by atoms with Gasteiger partial charge in [0.2, 0.25) is 0 Å². The minimum Gasteiger partial charge on any atom is -0.466 e. The second-order valence-corrected chi connectivity index (χ2v) is 5.59. The van der Waals surface area contributed by atoms with Crippen molar-refractivity contribution in [1.82, 2.24) is 4.90 Å². The normalized spacial score (nSPS) is 23.9. The van der Waals surface area contributed by atoms with Crippen LogP contribution in [0.25, 0.3) is 0 Å². The number of amides is 1. The van der Waals surface area contributed by atoms with Gasteiger partial charge in [0.05, 0.1) is 6.61 Å². The Balaban J connectivity index is 2.63. The van der Waals surface area contributed by atoms with Crippen LogP contribution in [-0.2, 0) is 14.3 Å². The van der Waals surface area contributed by atoms with E-state index in [0.29, 0.717) is 0 Å². The van der Waals surface area contributed by atoms with E-state index in [2.05, 4.69) is 0 Å². The maximum Gasteiger partial charge on any atom is 0.410 e. The average molecular weight is 275 g/mol. The van der Waals surface area contributed by atoms with E-state index in [0.717, 1.165) is 0 Å².